The molecule has 2 aliphatic heterocycles. The third kappa shape index (κ3) is 7.80. The smallest absolute Gasteiger partial charge is 0.308 e. The normalized spacial score (nSPS) is 19.2. The van der Waals surface area contributed by atoms with Gasteiger partial charge in [0, 0.05) is 26.2 Å². The number of nitrogens with zero attached hydrogens (tertiary/aromatic N) is 3. The molecule has 0 unspecified atom stereocenters. The second-order valence-electron chi connectivity index (χ2n) is 9.20. The molecule has 1 N–H and O–H groups in total. The molecule has 2 aliphatic rings. The Hall–Kier alpha value is -2.08. The number of nitrogens with one attached hydrogen (secondary N) is 1. The molecule has 2 saturated heterocycles. The van der Waals surface area contributed by atoms with Crippen LogP contribution in [0.3, 0.4) is 0 Å². The van der Waals surface area contributed by atoms with Crippen LogP contribution in [-0.4, -0.2) is 74.7 Å². The lowest BCUT2D eigenvalue weighted by atomic mass is 9.90. The van der Waals surface area contributed by atoms with Crippen molar-refractivity contribution in [1.29, 1.82) is 0 Å². The number of rotatable bonds is 9. The number of guanidine groups is 1. The van der Waals surface area contributed by atoms with Gasteiger partial charge in [-0.3, -0.25) is 9.79 Å². The molecule has 0 spiro atoms. The van der Waals surface area contributed by atoms with Crippen LogP contribution in [-0.2, 0) is 16.0 Å². The first kappa shape index (κ1) is 24.6. The summed E-state index contributed by atoms with van der Waals surface area (Å²) in [5.74, 6) is 1.80. The van der Waals surface area contributed by atoms with E-state index < -0.39 is 0 Å². The van der Waals surface area contributed by atoms with Crippen molar-refractivity contribution >= 4 is 11.9 Å². The fourth-order valence-corrected chi connectivity index (χ4v) is 4.91. The summed E-state index contributed by atoms with van der Waals surface area (Å²) in [5.41, 5.74) is 1.48. The molecular weight excluding hydrogens is 400 g/mol. The highest BCUT2D eigenvalue weighted by atomic mass is 16.5. The van der Waals surface area contributed by atoms with E-state index in [1.54, 1.807) is 0 Å². The number of esters is 1. The average molecular weight is 443 g/mol. The maximum absolute atomic E-state index is 11.8. The minimum Gasteiger partial charge on any atom is -0.469 e. The Bertz CT molecular complexity index is 693. The number of likely N-dealkylation sites (tertiary alicyclic amines) is 2. The van der Waals surface area contributed by atoms with Crippen LogP contribution in [0.15, 0.2) is 35.3 Å². The number of hydrogen-bond acceptors (Lipinski definition) is 4. The second-order valence-corrected chi connectivity index (χ2v) is 9.20. The van der Waals surface area contributed by atoms with Gasteiger partial charge in [0.1, 0.15) is 0 Å². The number of piperidine rings is 2. The zero-order valence-corrected chi connectivity index (χ0v) is 20.1. The largest absolute Gasteiger partial charge is 0.469 e. The predicted molar refractivity (Wildman–Crippen MR) is 131 cm³/mol. The van der Waals surface area contributed by atoms with Crippen LogP contribution < -0.4 is 5.32 Å². The van der Waals surface area contributed by atoms with Crippen LogP contribution in [0.25, 0.3) is 0 Å². The standard InChI is InChI=1S/C26H42N4O2/c1-3-27-26(30-19-13-24(14-20-30)25(31)32-2)28-15-7-8-16-29-17-11-23(12-18-29)21-22-9-5-4-6-10-22/h4-6,9-10,23-24H,3,7-8,11-21H2,1-2H3,(H,27,28). The fraction of sp³-hybridized carbons (Fsp3) is 0.692. The summed E-state index contributed by atoms with van der Waals surface area (Å²) in [6.45, 7) is 9.23. The predicted octanol–water partition coefficient (Wildman–Crippen LogP) is 3.57. The number of hydrogen-bond donors (Lipinski definition) is 1. The molecular formula is C26H42N4O2. The molecule has 0 aliphatic carbocycles. The fourth-order valence-electron chi connectivity index (χ4n) is 4.91. The lowest BCUT2D eigenvalue weighted by Gasteiger charge is -2.33. The molecule has 6 heteroatoms. The maximum Gasteiger partial charge on any atom is 0.308 e. The van der Waals surface area contributed by atoms with Crippen LogP contribution in [0.5, 0.6) is 0 Å². The van der Waals surface area contributed by atoms with E-state index in [0.717, 1.165) is 57.3 Å². The van der Waals surface area contributed by atoms with Crippen molar-refractivity contribution in [2.75, 3.05) is 52.9 Å². The third-order valence-corrected chi connectivity index (χ3v) is 6.88. The van der Waals surface area contributed by atoms with E-state index in [4.69, 9.17) is 9.73 Å². The van der Waals surface area contributed by atoms with Crippen molar-refractivity contribution in [3.63, 3.8) is 0 Å². The highest BCUT2D eigenvalue weighted by molar-refractivity contribution is 5.80. The van der Waals surface area contributed by atoms with Gasteiger partial charge in [0.2, 0.25) is 0 Å². The lowest BCUT2D eigenvalue weighted by Crippen LogP contribution is -2.46. The van der Waals surface area contributed by atoms with Gasteiger partial charge in [0.05, 0.1) is 13.0 Å². The molecule has 32 heavy (non-hydrogen) atoms. The molecule has 0 radical (unpaired) electrons. The first-order valence-corrected chi connectivity index (χ1v) is 12.6. The zero-order valence-electron chi connectivity index (χ0n) is 20.1. The Balaban J connectivity index is 1.31. The Morgan fingerprint density at radius 2 is 1.78 bits per heavy atom. The van der Waals surface area contributed by atoms with E-state index in [1.807, 2.05) is 0 Å². The summed E-state index contributed by atoms with van der Waals surface area (Å²) >= 11 is 0. The van der Waals surface area contributed by atoms with Crippen molar-refractivity contribution in [2.24, 2.45) is 16.8 Å². The minimum atomic E-state index is -0.0734. The second kappa shape index (κ2) is 13.5. The molecule has 6 nitrogen and oxygen atoms in total. The summed E-state index contributed by atoms with van der Waals surface area (Å²) in [5, 5.41) is 3.42. The maximum atomic E-state index is 11.8. The summed E-state index contributed by atoms with van der Waals surface area (Å²) in [4.78, 5) is 21.5. The number of methoxy groups -OCH3 is 1. The molecule has 0 saturated carbocycles. The van der Waals surface area contributed by atoms with E-state index in [9.17, 15) is 4.79 Å². The minimum absolute atomic E-state index is 0.0379. The quantitative estimate of drug-likeness (QED) is 0.274. The van der Waals surface area contributed by atoms with Gasteiger partial charge in [0.15, 0.2) is 5.96 Å². The van der Waals surface area contributed by atoms with Gasteiger partial charge in [-0.1, -0.05) is 30.3 Å². The number of unbranched alkanes of at least 4 members (excludes halogenated alkanes) is 1. The molecule has 0 amide bonds. The Labute approximate surface area is 194 Å². The van der Waals surface area contributed by atoms with Crippen LogP contribution in [0.1, 0.15) is 51.0 Å². The molecule has 0 bridgehead atoms. The Morgan fingerprint density at radius 3 is 2.44 bits per heavy atom. The molecule has 0 aromatic heterocycles. The number of aliphatic imine (C=N–C) groups is 1. The number of ether oxygens (including phenoxy) is 1. The average Bonchev–Trinajstić information content (AvgIpc) is 2.84. The Morgan fingerprint density at radius 1 is 1.06 bits per heavy atom. The van der Waals surface area contributed by atoms with Crippen LogP contribution in [0, 0.1) is 11.8 Å². The summed E-state index contributed by atoms with van der Waals surface area (Å²) in [6, 6.07) is 10.9. The van der Waals surface area contributed by atoms with E-state index in [0.29, 0.717) is 0 Å². The van der Waals surface area contributed by atoms with Crippen molar-refractivity contribution in [3.05, 3.63) is 35.9 Å². The molecule has 3 rings (SSSR count). The first-order chi connectivity index (χ1) is 15.7. The number of carbonyl (C=O) groups excluding carboxylic acids is 1. The summed E-state index contributed by atoms with van der Waals surface area (Å²) in [7, 11) is 1.48. The molecule has 0 atom stereocenters. The summed E-state index contributed by atoms with van der Waals surface area (Å²) in [6.07, 6.45) is 7.88. The highest BCUT2D eigenvalue weighted by Crippen LogP contribution is 2.22. The van der Waals surface area contributed by atoms with Crippen molar-refractivity contribution < 1.29 is 9.53 Å². The first-order valence-electron chi connectivity index (χ1n) is 12.6. The van der Waals surface area contributed by atoms with Crippen molar-refractivity contribution in [1.82, 2.24) is 15.1 Å². The van der Waals surface area contributed by atoms with E-state index in [-0.39, 0.29) is 11.9 Å². The van der Waals surface area contributed by atoms with E-state index in [1.165, 1.54) is 58.0 Å². The highest BCUT2D eigenvalue weighted by Gasteiger charge is 2.27. The van der Waals surface area contributed by atoms with Crippen molar-refractivity contribution in [2.45, 2.75) is 51.9 Å². The molecule has 1 aromatic rings. The van der Waals surface area contributed by atoms with Gasteiger partial charge < -0.3 is 19.9 Å². The van der Waals surface area contributed by atoms with Gasteiger partial charge in [-0.2, -0.15) is 0 Å². The number of carbonyl (C=O) groups is 1. The van der Waals surface area contributed by atoms with Gasteiger partial charge >= 0.3 is 5.97 Å². The van der Waals surface area contributed by atoms with Crippen LogP contribution in [0.2, 0.25) is 0 Å². The van der Waals surface area contributed by atoms with Gasteiger partial charge in [-0.25, -0.2) is 0 Å². The molecule has 1 aromatic carbocycles. The van der Waals surface area contributed by atoms with Crippen molar-refractivity contribution in [3.8, 4) is 0 Å². The Kier molecular flexibility index (Phi) is 10.3. The summed E-state index contributed by atoms with van der Waals surface area (Å²) < 4.78 is 4.90. The molecule has 2 fully saturated rings. The van der Waals surface area contributed by atoms with Gasteiger partial charge in [-0.05, 0) is 83.0 Å². The van der Waals surface area contributed by atoms with E-state index >= 15 is 0 Å². The van der Waals surface area contributed by atoms with Crippen LogP contribution in [0.4, 0.5) is 0 Å². The van der Waals surface area contributed by atoms with Gasteiger partial charge in [-0.15, -0.1) is 0 Å². The molecule has 2 heterocycles. The third-order valence-electron chi connectivity index (χ3n) is 6.88. The number of benzene rings is 1. The zero-order chi connectivity index (χ0) is 22.6. The molecule has 178 valence electrons. The van der Waals surface area contributed by atoms with E-state index in [2.05, 4.69) is 52.4 Å². The SMILES string of the molecule is CCNC(=NCCCCN1CCC(Cc2ccccc2)CC1)N1CCC(C(=O)OC)CC1. The lowest BCUT2D eigenvalue weighted by molar-refractivity contribution is -0.146. The topological polar surface area (TPSA) is 57.2 Å². The van der Waals surface area contributed by atoms with Gasteiger partial charge in [0.25, 0.3) is 0 Å². The van der Waals surface area contributed by atoms with Crippen LogP contribution >= 0.6 is 0 Å². The monoisotopic (exact) mass is 442 g/mol.